The van der Waals surface area contributed by atoms with Gasteiger partial charge in [0.2, 0.25) is 0 Å². The number of likely N-dealkylation sites (tertiary alicyclic amines) is 1. The zero-order chi connectivity index (χ0) is 17.8. The second-order valence-electron chi connectivity index (χ2n) is 6.17. The first-order valence-electron chi connectivity index (χ1n) is 8.29. The molecule has 1 aliphatic rings. The largest absolute Gasteiger partial charge is 0.481 e. The molecule has 5 heteroatoms. The van der Waals surface area contributed by atoms with Gasteiger partial charge in [-0.05, 0) is 18.9 Å². The molecule has 1 saturated heterocycles. The number of carbonyl (C=O) groups excluding carboxylic acids is 2. The highest BCUT2D eigenvalue weighted by Gasteiger charge is 2.30. The van der Waals surface area contributed by atoms with Gasteiger partial charge in [0.05, 0.1) is 11.5 Å². The van der Waals surface area contributed by atoms with Crippen LogP contribution in [0.4, 0.5) is 0 Å². The summed E-state index contributed by atoms with van der Waals surface area (Å²) in [7, 11) is 0. The van der Waals surface area contributed by atoms with E-state index in [2.05, 4.69) is 0 Å². The van der Waals surface area contributed by atoms with Gasteiger partial charge in [-0.2, -0.15) is 0 Å². The van der Waals surface area contributed by atoms with E-state index in [1.54, 1.807) is 53.4 Å². The van der Waals surface area contributed by atoms with Gasteiger partial charge in [-0.15, -0.1) is 0 Å². The predicted octanol–water partition coefficient (Wildman–Crippen LogP) is 2.85. The van der Waals surface area contributed by atoms with Gasteiger partial charge < -0.3 is 10.0 Å². The Morgan fingerprint density at radius 3 is 2.24 bits per heavy atom. The lowest BCUT2D eigenvalue weighted by atomic mass is 9.95. The molecule has 1 heterocycles. The molecule has 2 aromatic carbocycles. The van der Waals surface area contributed by atoms with E-state index in [1.807, 2.05) is 6.07 Å². The standard InChI is InChI=1S/C20H19NO4/c22-18(14-7-2-1-3-8-14)16-10-4-5-11-17(16)19(23)21-12-6-9-15(13-21)20(24)25/h1-5,7-8,10-11,15H,6,9,12-13H2,(H,24,25)/t15-/m1/s1. The summed E-state index contributed by atoms with van der Waals surface area (Å²) < 4.78 is 0. The van der Waals surface area contributed by atoms with Crippen LogP contribution in [0.2, 0.25) is 0 Å². The number of amides is 1. The van der Waals surface area contributed by atoms with Crippen molar-refractivity contribution in [3.05, 3.63) is 71.3 Å². The molecule has 1 fully saturated rings. The van der Waals surface area contributed by atoms with E-state index in [0.717, 1.165) is 0 Å². The molecule has 128 valence electrons. The first-order valence-corrected chi connectivity index (χ1v) is 8.29. The number of piperidine rings is 1. The molecule has 5 nitrogen and oxygen atoms in total. The number of aliphatic carboxylic acids is 1. The fourth-order valence-corrected chi connectivity index (χ4v) is 3.15. The minimum absolute atomic E-state index is 0.183. The Balaban J connectivity index is 1.89. The first-order chi connectivity index (χ1) is 12.1. The molecule has 25 heavy (non-hydrogen) atoms. The summed E-state index contributed by atoms with van der Waals surface area (Å²) in [5.41, 5.74) is 1.18. The number of carboxylic acids is 1. The highest BCUT2D eigenvalue weighted by Crippen LogP contribution is 2.22. The van der Waals surface area contributed by atoms with Gasteiger partial charge in [0.25, 0.3) is 5.91 Å². The predicted molar refractivity (Wildman–Crippen MR) is 92.6 cm³/mol. The van der Waals surface area contributed by atoms with Crippen LogP contribution in [0.25, 0.3) is 0 Å². The molecule has 0 saturated carbocycles. The summed E-state index contributed by atoms with van der Waals surface area (Å²) in [6.45, 7) is 0.693. The molecule has 1 N–H and O–H groups in total. The summed E-state index contributed by atoms with van der Waals surface area (Å²) in [5.74, 6) is -1.93. The third-order valence-corrected chi connectivity index (χ3v) is 4.50. The van der Waals surface area contributed by atoms with Crippen molar-refractivity contribution < 1.29 is 19.5 Å². The second kappa shape index (κ2) is 7.30. The van der Waals surface area contributed by atoms with Crippen molar-refractivity contribution in [1.29, 1.82) is 0 Å². The fourth-order valence-electron chi connectivity index (χ4n) is 3.15. The number of hydrogen-bond acceptors (Lipinski definition) is 3. The van der Waals surface area contributed by atoms with Crippen molar-refractivity contribution in [2.45, 2.75) is 12.8 Å². The second-order valence-corrected chi connectivity index (χ2v) is 6.17. The lowest BCUT2D eigenvalue weighted by molar-refractivity contribution is -0.143. The maximum absolute atomic E-state index is 12.9. The molecule has 1 atom stereocenters. The number of nitrogens with zero attached hydrogens (tertiary/aromatic N) is 1. The number of carbonyl (C=O) groups is 3. The van der Waals surface area contributed by atoms with Crippen LogP contribution in [0.5, 0.6) is 0 Å². The molecule has 2 aromatic rings. The topological polar surface area (TPSA) is 74.7 Å². The number of benzene rings is 2. The fraction of sp³-hybridized carbons (Fsp3) is 0.250. The maximum Gasteiger partial charge on any atom is 0.308 e. The van der Waals surface area contributed by atoms with Gasteiger partial charge in [-0.25, -0.2) is 0 Å². The van der Waals surface area contributed by atoms with E-state index < -0.39 is 11.9 Å². The lowest BCUT2D eigenvalue weighted by Crippen LogP contribution is -2.42. The van der Waals surface area contributed by atoms with E-state index in [-0.39, 0.29) is 18.2 Å². The molecular weight excluding hydrogens is 318 g/mol. The Labute approximate surface area is 145 Å². The van der Waals surface area contributed by atoms with Crippen LogP contribution in [0, 0.1) is 5.92 Å². The number of ketones is 1. The molecule has 0 aliphatic carbocycles. The van der Waals surface area contributed by atoms with Crippen molar-refractivity contribution in [3.8, 4) is 0 Å². The minimum atomic E-state index is -0.883. The van der Waals surface area contributed by atoms with Crippen LogP contribution in [-0.2, 0) is 4.79 Å². The van der Waals surface area contributed by atoms with E-state index >= 15 is 0 Å². The monoisotopic (exact) mass is 337 g/mol. The summed E-state index contributed by atoms with van der Waals surface area (Å²) in [6, 6.07) is 15.5. The van der Waals surface area contributed by atoms with Crippen LogP contribution in [0.1, 0.15) is 39.1 Å². The van der Waals surface area contributed by atoms with E-state index in [0.29, 0.717) is 36.1 Å². The zero-order valence-corrected chi connectivity index (χ0v) is 13.7. The third kappa shape index (κ3) is 3.60. The molecule has 1 aliphatic heterocycles. The van der Waals surface area contributed by atoms with Gasteiger partial charge >= 0.3 is 5.97 Å². The van der Waals surface area contributed by atoms with Crippen molar-refractivity contribution >= 4 is 17.7 Å². The Morgan fingerprint density at radius 2 is 1.56 bits per heavy atom. The Morgan fingerprint density at radius 1 is 0.920 bits per heavy atom. The molecule has 3 rings (SSSR count). The Bertz CT molecular complexity index is 800. The highest BCUT2D eigenvalue weighted by molar-refractivity contribution is 6.15. The van der Waals surface area contributed by atoms with E-state index in [4.69, 9.17) is 0 Å². The Kier molecular flexibility index (Phi) is 4.93. The van der Waals surface area contributed by atoms with Crippen molar-refractivity contribution in [3.63, 3.8) is 0 Å². The third-order valence-electron chi connectivity index (χ3n) is 4.50. The van der Waals surface area contributed by atoms with Gasteiger partial charge in [-0.3, -0.25) is 14.4 Å². The van der Waals surface area contributed by atoms with Crippen molar-refractivity contribution in [1.82, 2.24) is 4.90 Å². The molecule has 0 unspecified atom stereocenters. The van der Waals surface area contributed by atoms with Crippen LogP contribution < -0.4 is 0 Å². The van der Waals surface area contributed by atoms with Crippen molar-refractivity contribution in [2.24, 2.45) is 5.92 Å². The molecule has 1 amide bonds. The Hall–Kier alpha value is -2.95. The van der Waals surface area contributed by atoms with E-state index in [1.165, 1.54) is 0 Å². The molecule has 0 spiro atoms. The molecule has 0 bridgehead atoms. The summed E-state index contributed by atoms with van der Waals surface area (Å²) in [4.78, 5) is 38.4. The maximum atomic E-state index is 12.9. The van der Waals surface area contributed by atoms with Gasteiger partial charge in [-0.1, -0.05) is 48.5 Å². The zero-order valence-electron chi connectivity index (χ0n) is 13.7. The van der Waals surface area contributed by atoms with Gasteiger partial charge in [0.1, 0.15) is 0 Å². The summed E-state index contributed by atoms with van der Waals surface area (Å²) in [5, 5.41) is 9.21. The first kappa shape index (κ1) is 16.9. The number of rotatable bonds is 4. The normalized spacial score (nSPS) is 17.1. The smallest absolute Gasteiger partial charge is 0.308 e. The van der Waals surface area contributed by atoms with Crippen molar-refractivity contribution in [2.75, 3.05) is 13.1 Å². The molecule has 0 radical (unpaired) electrons. The van der Waals surface area contributed by atoms with Crippen LogP contribution in [0.15, 0.2) is 54.6 Å². The van der Waals surface area contributed by atoms with Crippen LogP contribution in [-0.4, -0.2) is 40.8 Å². The summed E-state index contributed by atoms with van der Waals surface area (Å²) in [6.07, 6.45) is 1.22. The average molecular weight is 337 g/mol. The quantitative estimate of drug-likeness (QED) is 0.871. The van der Waals surface area contributed by atoms with Gasteiger partial charge in [0.15, 0.2) is 5.78 Å². The minimum Gasteiger partial charge on any atom is -0.481 e. The van der Waals surface area contributed by atoms with Crippen LogP contribution >= 0.6 is 0 Å². The van der Waals surface area contributed by atoms with E-state index in [9.17, 15) is 19.5 Å². The van der Waals surface area contributed by atoms with Crippen LogP contribution in [0.3, 0.4) is 0 Å². The average Bonchev–Trinajstić information content (AvgIpc) is 2.67. The lowest BCUT2D eigenvalue weighted by Gasteiger charge is -2.31. The number of hydrogen-bond donors (Lipinski definition) is 1. The molecule has 0 aromatic heterocycles. The SMILES string of the molecule is O=C(c1ccccc1)c1ccccc1C(=O)N1CCC[C@@H](C(=O)O)C1. The number of carboxylic acid groups (broad SMARTS) is 1. The summed E-state index contributed by atoms with van der Waals surface area (Å²) >= 11 is 0. The van der Waals surface area contributed by atoms with Gasteiger partial charge in [0, 0.05) is 24.2 Å². The highest BCUT2D eigenvalue weighted by atomic mass is 16.4. The molecular formula is C20H19NO4.